The Hall–Kier alpha value is -1.38. The second kappa shape index (κ2) is 2.83. The third kappa shape index (κ3) is 1.41. The Morgan fingerprint density at radius 3 is 2.92 bits per heavy atom. The molecule has 1 aromatic rings. The van der Waals surface area contributed by atoms with E-state index in [1.807, 2.05) is 0 Å². The SMILES string of the molecule is Cc1cc(F)cc2c1NC(=O)CC2. The predicted octanol–water partition coefficient (Wildman–Crippen LogP) is 2.02. The number of hydrogen-bond donors (Lipinski definition) is 1. The number of hydrogen-bond acceptors (Lipinski definition) is 1. The van der Waals surface area contributed by atoms with Crippen molar-refractivity contribution in [3.05, 3.63) is 29.1 Å². The van der Waals surface area contributed by atoms with E-state index in [0.717, 1.165) is 16.8 Å². The van der Waals surface area contributed by atoms with Crippen molar-refractivity contribution in [2.75, 3.05) is 5.32 Å². The van der Waals surface area contributed by atoms with Crippen LogP contribution in [0.15, 0.2) is 12.1 Å². The molecule has 0 aromatic heterocycles. The average molecular weight is 179 g/mol. The minimum atomic E-state index is -0.229. The van der Waals surface area contributed by atoms with Gasteiger partial charge in [0.25, 0.3) is 0 Å². The van der Waals surface area contributed by atoms with Gasteiger partial charge in [-0.1, -0.05) is 0 Å². The van der Waals surface area contributed by atoms with Crippen LogP contribution in [0.25, 0.3) is 0 Å². The van der Waals surface area contributed by atoms with Crippen molar-refractivity contribution in [2.24, 2.45) is 0 Å². The van der Waals surface area contributed by atoms with Crippen LogP contribution in [0.3, 0.4) is 0 Å². The van der Waals surface area contributed by atoms with Crippen LogP contribution in [-0.2, 0) is 11.2 Å². The lowest BCUT2D eigenvalue weighted by Gasteiger charge is -2.18. The molecule has 0 atom stereocenters. The molecule has 2 rings (SSSR count). The fourth-order valence-corrected chi connectivity index (χ4v) is 1.64. The van der Waals surface area contributed by atoms with E-state index in [-0.39, 0.29) is 11.7 Å². The summed E-state index contributed by atoms with van der Waals surface area (Å²) in [5.41, 5.74) is 2.48. The standard InChI is InChI=1S/C10H10FNO/c1-6-4-8(11)5-7-2-3-9(13)12-10(6)7/h4-5H,2-3H2,1H3,(H,12,13). The molecule has 13 heavy (non-hydrogen) atoms. The van der Waals surface area contributed by atoms with Crippen molar-refractivity contribution in [1.29, 1.82) is 0 Å². The van der Waals surface area contributed by atoms with E-state index in [0.29, 0.717) is 12.8 Å². The Morgan fingerprint density at radius 1 is 1.38 bits per heavy atom. The number of anilines is 1. The maximum atomic E-state index is 12.9. The van der Waals surface area contributed by atoms with Crippen LogP contribution in [0.4, 0.5) is 10.1 Å². The van der Waals surface area contributed by atoms with E-state index in [1.54, 1.807) is 6.92 Å². The van der Waals surface area contributed by atoms with Crippen LogP contribution in [0, 0.1) is 12.7 Å². The third-order valence-corrected chi connectivity index (χ3v) is 2.27. The number of aryl methyl sites for hydroxylation is 2. The number of nitrogens with one attached hydrogen (secondary N) is 1. The molecule has 0 aliphatic carbocycles. The van der Waals surface area contributed by atoms with E-state index < -0.39 is 0 Å². The van der Waals surface area contributed by atoms with Crippen LogP contribution in [0.5, 0.6) is 0 Å². The maximum absolute atomic E-state index is 12.9. The highest BCUT2D eigenvalue weighted by atomic mass is 19.1. The Labute approximate surface area is 75.8 Å². The summed E-state index contributed by atoms with van der Waals surface area (Å²) in [6.45, 7) is 1.80. The predicted molar refractivity (Wildman–Crippen MR) is 48.1 cm³/mol. The molecule has 1 aromatic carbocycles. The highest BCUT2D eigenvalue weighted by Crippen LogP contribution is 2.26. The number of amides is 1. The molecule has 2 nitrogen and oxygen atoms in total. The van der Waals surface area contributed by atoms with Crippen LogP contribution in [0.1, 0.15) is 17.5 Å². The summed E-state index contributed by atoms with van der Waals surface area (Å²) >= 11 is 0. The Bertz CT molecular complexity index is 373. The third-order valence-electron chi connectivity index (χ3n) is 2.27. The van der Waals surface area contributed by atoms with Crippen molar-refractivity contribution in [3.8, 4) is 0 Å². The zero-order valence-corrected chi connectivity index (χ0v) is 7.36. The molecule has 1 aliphatic rings. The summed E-state index contributed by atoms with van der Waals surface area (Å²) < 4.78 is 12.9. The molecule has 3 heteroatoms. The van der Waals surface area contributed by atoms with Gasteiger partial charge in [0.15, 0.2) is 0 Å². The van der Waals surface area contributed by atoms with Crippen LogP contribution < -0.4 is 5.32 Å². The first-order valence-electron chi connectivity index (χ1n) is 4.25. The van der Waals surface area contributed by atoms with E-state index >= 15 is 0 Å². The number of benzene rings is 1. The van der Waals surface area contributed by atoms with Gasteiger partial charge in [0, 0.05) is 12.1 Å². The molecule has 0 bridgehead atoms. The average Bonchev–Trinajstić information content (AvgIpc) is 2.06. The van der Waals surface area contributed by atoms with Gasteiger partial charge in [-0.3, -0.25) is 4.79 Å². The first-order chi connectivity index (χ1) is 6.16. The summed E-state index contributed by atoms with van der Waals surface area (Å²) in [7, 11) is 0. The van der Waals surface area contributed by atoms with Gasteiger partial charge in [0.05, 0.1) is 0 Å². The Morgan fingerprint density at radius 2 is 2.15 bits per heavy atom. The van der Waals surface area contributed by atoms with E-state index in [9.17, 15) is 9.18 Å². The summed E-state index contributed by atoms with van der Waals surface area (Å²) in [5.74, 6) is -0.213. The second-order valence-electron chi connectivity index (χ2n) is 3.30. The molecule has 0 saturated carbocycles. The van der Waals surface area contributed by atoms with Gasteiger partial charge in [-0.15, -0.1) is 0 Å². The zero-order valence-electron chi connectivity index (χ0n) is 7.36. The van der Waals surface area contributed by atoms with Crippen LogP contribution in [-0.4, -0.2) is 5.91 Å². The molecule has 1 heterocycles. The number of carbonyl (C=O) groups excluding carboxylic acids is 1. The summed E-state index contributed by atoms with van der Waals surface area (Å²) in [5, 5.41) is 2.75. The molecule has 0 saturated heterocycles. The van der Waals surface area contributed by atoms with Crippen molar-refractivity contribution >= 4 is 11.6 Å². The summed E-state index contributed by atoms with van der Waals surface area (Å²) in [6.07, 6.45) is 1.09. The van der Waals surface area contributed by atoms with Crippen molar-refractivity contribution in [3.63, 3.8) is 0 Å². The summed E-state index contributed by atoms with van der Waals surface area (Å²) in [4.78, 5) is 11.1. The molecule has 0 radical (unpaired) electrons. The first kappa shape index (κ1) is 8.23. The number of carbonyl (C=O) groups is 1. The normalized spacial score (nSPS) is 15.1. The van der Waals surface area contributed by atoms with Crippen molar-refractivity contribution in [2.45, 2.75) is 19.8 Å². The van der Waals surface area contributed by atoms with Crippen LogP contribution >= 0.6 is 0 Å². The van der Waals surface area contributed by atoms with Gasteiger partial charge in [0.1, 0.15) is 5.82 Å². The Balaban J connectivity index is 2.53. The molecular weight excluding hydrogens is 169 g/mol. The van der Waals surface area contributed by atoms with Crippen molar-refractivity contribution in [1.82, 2.24) is 0 Å². The van der Waals surface area contributed by atoms with E-state index in [2.05, 4.69) is 5.32 Å². The zero-order chi connectivity index (χ0) is 9.42. The minimum absolute atomic E-state index is 0.0159. The lowest BCUT2D eigenvalue weighted by Crippen LogP contribution is -2.20. The highest BCUT2D eigenvalue weighted by molar-refractivity contribution is 5.94. The molecule has 1 amide bonds. The quantitative estimate of drug-likeness (QED) is 0.648. The van der Waals surface area contributed by atoms with Gasteiger partial charge in [-0.2, -0.15) is 0 Å². The molecule has 68 valence electrons. The van der Waals surface area contributed by atoms with Crippen LogP contribution in [0.2, 0.25) is 0 Å². The molecular formula is C10H10FNO. The molecule has 0 spiro atoms. The first-order valence-corrected chi connectivity index (χ1v) is 4.25. The van der Waals surface area contributed by atoms with Gasteiger partial charge in [0.2, 0.25) is 5.91 Å². The second-order valence-corrected chi connectivity index (χ2v) is 3.30. The summed E-state index contributed by atoms with van der Waals surface area (Å²) in [6, 6.07) is 2.92. The van der Waals surface area contributed by atoms with Crippen molar-refractivity contribution < 1.29 is 9.18 Å². The monoisotopic (exact) mass is 179 g/mol. The fraction of sp³-hybridized carbons (Fsp3) is 0.300. The van der Waals surface area contributed by atoms with Gasteiger partial charge < -0.3 is 5.32 Å². The largest absolute Gasteiger partial charge is 0.326 e. The lowest BCUT2D eigenvalue weighted by molar-refractivity contribution is -0.116. The smallest absolute Gasteiger partial charge is 0.224 e. The topological polar surface area (TPSA) is 29.1 Å². The van der Waals surface area contributed by atoms with Gasteiger partial charge in [-0.05, 0) is 36.6 Å². The minimum Gasteiger partial charge on any atom is -0.326 e. The van der Waals surface area contributed by atoms with Gasteiger partial charge >= 0.3 is 0 Å². The molecule has 0 fully saturated rings. The molecule has 1 N–H and O–H groups in total. The number of rotatable bonds is 0. The Kier molecular flexibility index (Phi) is 1.79. The lowest BCUT2D eigenvalue weighted by atomic mass is 9.99. The highest BCUT2D eigenvalue weighted by Gasteiger charge is 2.16. The number of fused-ring (bicyclic) bond motifs is 1. The maximum Gasteiger partial charge on any atom is 0.224 e. The van der Waals surface area contributed by atoms with Gasteiger partial charge in [-0.25, -0.2) is 4.39 Å². The van der Waals surface area contributed by atoms with E-state index in [1.165, 1.54) is 12.1 Å². The van der Waals surface area contributed by atoms with E-state index in [4.69, 9.17) is 0 Å². The molecule has 0 unspecified atom stereocenters. The fourth-order valence-electron chi connectivity index (χ4n) is 1.64. The molecule has 1 aliphatic heterocycles. The number of halogens is 1.